The lowest BCUT2D eigenvalue weighted by Gasteiger charge is -2.31. The van der Waals surface area contributed by atoms with Crippen LogP contribution in [0.3, 0.4) is 0 Å². The van der Waals surface area contributed by atoms with E-state index in [4.69, 9.17) is 5.73 Å². The quantitative estimate of drug-likeness (QED) is 0.760. The van der Waals surface area contributed by atoms with Crippen molar-refractivity contribution >= 4 is 29.0 Å². The van der Waals surface area contributed by atoms with Crippen molar-refractivity contribution < 1.29 is 9.18 Å². The SMILES string of the molecule is CCC(CSC)N(C)C(C)C(=O)Nc1ccc(F)c(N)c1. The molecule has 0 bridgehead atoms. The summed E-state index contributed by atoms with van der Waals surface area (Å²) >= 11 is 1.77. The number of nitrogens with one attached hydrogen (secondary N) is 1. The molecule has 1 aromatic rings. The zero-order valence-electron chi connectivity index (χ0n) is 13.0. The summed E-state index contributed by atoms with van der Waals surface area (Å²) in [4.78, 5) is 14.3. The molecular formula is C15H24FN3OS. The summed E-state index contributed by atoms with van der Waals surface area (Å²) in [6.45, 7) is 3.98. The molecule has 3 N–H and O–H groups in total. The van der Waals surface area contributed by atoms with E-state index >= 15 is 0 Å². The van der Waals surface area contributed by atoms with Crippen molar-refractivity contribution in [1.82, 2.24) is 4.90 Å². The van der Waals surface area contributed by atoms with Crippen molar-refractivity contribution in [3.63, 3.8) is 0 Å². The number of nitrogens with zero attached hydrogens (tertiary/aromatic N) is 1. The van der Waals surface area contributed by atoms with Crippen LogP contribution in [0.5, 0.6) is 0 Å². The molecule has 2 atom stereocenters. The summed E-state index contributed by atoms with van der Waals surface area (Å²) in [6.07, 6.45) is 3.04. The number of rotatable bonds is 7. The molecule has 0 aliphatic carbocycles. The number of anilines is 2. The number of nitrogens with two attached hydrogens (primary N) is 1. The number of likely N-dealkylation sites (N-methyl/N-ethyl adjacent to an activating group) is 1. The molecule has 0 saturated carbocycles. The number of benzene rings is 1. The van der Waals surface area contributed by atoms with E-state index in [0.717, 1.165) is 12.2 Å². The van der Waals surface area contributed by atoms with Gasteiger partial charge in [-0.1, -0.05) is 6.92 Å². The minimum Gasteiger partial charge on any atom is -0.396 e. The molecule has 6 heteroatoms. The van der Waals surface area contributed by atoms with Gasteiger partial charge in [-0.2, -0.15) is 11.8 Å². The molecule has 0 radical (unpaired) electrons. The van der Waals surface area contributed by atoms with Gasteiger partial charge in [-0.25, -0.2) is 4.39 Å². The second-order valence-corrected chi connectivity index (χ2v) is 6.00. The molecule has 1 amide bonds. The minimum atomic E-state index is -0.482. The van der Waals surface area contributed by atoms with Gasteiger partial charge in [0.2, 0.25) is 5.91 Å². The average Bonchev–Trinajstić information content (AvgIpc) is 2.47. The van der Waals surface area contributed by atoms with E-state index in [0.29, 0.717) is 11.7 Å². The first-order valence-electron chi connectivity index (χ1n) is 6.97. The Labute approximate surface area is 130 Å². The third-order valence-corrected chi connectivity index (χ3v) is 4.38. The first kappa shape index (κ1) is 17.8. The number of carbonyl (C=O) groups is 1. The Kier molecular flexibility index (Phi) is 6.98. The van der Waals surface area contributed by atoms with E-state index in [1.54, 1.807) is 11.8 Å². The second kappa shape index (κ2) is 8.24. The summed E-state index contributed by atoms with van der Waals surface area (Å²) in [6, 6.07) is 4.27. The highest BCUT2D eigenvalue weighted by atomic mass is 32.2. The lowest BCUT2D eigenvalue weighted by Crippen LogP contribution is -2.46. The van der Waals surface area contributed by atoms with Crippen LogP contribution in [0.1, 0.15) is 20.3 Å². The lowest BCUT2D eigenvalue weighted by atomic mass is 10.1. The Morgan fingerprint density at radius 2 is 2.19 bits per heavy atom. The zero-order valence-corrected chi connectivity index (χ0v) is 13.8. The normalized spacial score (nSPS) is 14.0. The number of amides is 1. The van der Waals surface area contributed by atoms with Crippen LogP contribution in [-0.2, 0) is 4.79 Å². The molecule has 0 fully saturated rings. The van der Waals surface area contributed by atoms with E-state index in [9.17, 15) is 9.18 Å². The van der Waals surface area contributed by atoms with Crippen molar-refractivity contribution in [2.75, 3.05) is 30.1 Å². The van der Waals surface area contributed by atoms with Crippen molar-refractivity contribution in [2.45, 2.75) is 32.4 Å². The monoisotopic (exact) mass is 313 g/mol. The van der Waals surface area contributed by atoms with Crippen molar-refractivity contribution in [3.8, 4) is 0 Å². The van der Waals surface area contributed by atoms with E-state index in [1.807, 2.05) is 14.0 Å². The Bertz CT molecular complexity index is 484. The molecule has 1 rings (SSSR count). The van der Waals surface area contributed by atoms with Crippen LogP contribution < -0.4 is 11.1 Å². The third-order valence-electron chi connectivity index (χ3n) is 3.66. The van der Waals surface area contributed by atoms with Gasteiger partial charge in [0.1, 0.15) is 5.82 Å². The molecule has 0 saturated heterocycles. The molecule has 0 aliphatic heterocycles. The maximum absolute atomic E-state index is 13.1. The number of nitrogen functional groups attached to an aromatic ring is 1. The molecule has 4 nitrogen and oxygen atoms in total. The molecule has 0 aliphatic rings. The zero-order chi connectivity index (χ0) is 16.0. The average molecular weight is 313 g/mol. The molecule has 0 heterocycles. The van der Waals surface area contributed by atoms with Crippen LogP contribution >= 0.6 is 11.8 Å². The Morgan fingerprint density at radius 1 is 1.52 bits per heavy atom. The highest BCUT2D eigenvalue weighted by Gasteiger charge is 2.23. The van der Waals surface area contributed by atoms with Gasteiger partial charge in [0.05, 0.1) is 11.7 Å². The molecule has 0 aromatic heterocycles. The van der Waals surface area contributed by atoms with Crippen LogP contribution in [-0.4, -0.2) is 41.9 Å². The summed E-state index contributed by atoms with van der Waals surface area (Å²) in [5, 5.41) is 2.78. The number of hydrogen-bond donors (Lipinski definition) is 2. The van der Waals surface area contributed by atoms with Crippen LogP contribution in [0.25, 0.3) is 0 Å². The van der Waals surface area contributed by atoms with Gasteiger partial charge < -0.3 is 11.1 Å². The smallest absolute Gasteiger partial charge is 0.241 e. The van der Waals surface area contributed by atoms with E-state index in [1.165, 1.54) is 18.2 Å². The topological polar surface area (TPSA) is 58.4 Å². The Balaban J connectivity index is 2.71. The maximum atomic E-state index is 13.1. The van der Waals surface area contributed by atoms with Gasteiger partial charge in [-0.05, 0) is 44.8 Å². The largest absolute Gasteiger partial charge is 0.396 e. The van der Waals surface area contributed by atoms with Gasteiger partial charge in [0.25, 0.3) is 0 Å². The Hall–Kier alpha value is -1.27. The van der Waals surface area contributed by atoms with E-state index < -0.39 is 5.82 Å². The predicted molar refractivity (Wildman–Crippen MR) is 89.1 cm³/mol. The number of thioether (sulfide) groups is 1. The fourth-order valence-corrected chi connectivity index (χ4v) is 2.94. The van der Waals surface area contributed by atoms with Crippen molar-refractivity contribution in [1.29, 1.82) is 0 Å². The van der Waals surface area contributed by atoms with Gasteiger partial charge in [0, 0.05) is 17.5 Å². The highest BCUT2D eigenvalue weighted by Crippen LogP contribution is 2.18. The first-order chi connectivity index (χ1) is 9.90. The molecule has 1 aromatic carbocycles. The van der Waals surface area contributed by atoms with Crippen LogP contribution in [0, 0.1) is 5.82 Å². The molecule has 118 valence electrons. The fourth-order valence-electron chi connectivity index (χ4n) is 2.09. The van der Waals surface area contributed by atoms with Crippen LogP contribution in [0.4, 0.5) is 15.8 Å². The molecular weight excluding hydrogens is 289 g/mol. The summed E-state index contributed by atoms with van der Waals surface area (Å²) in [7, 11) is 1.95. The maximum Gasteiger partial charge on any atom is 0.241 e. The molecule has 21 heavy (non-hydrogen) atoms. The number of hydrogen-bond acceptors (Lipinski definition) is 4. The van der Waals surface area contributed by atoms with Gasteiger partial charge >= 0.3 is 0 Å². The number of carbonyl (C=O) groups excluding carboxylic acids is 1. The Morgan fingerprint density at radius 3 is 2.71 bits per heavy atom. The fraction of sp³-hybridized carbons (Fsp3) is 0.533. The number of halogens is 1. The second-order valence-electron chi connectivity index (χ2n) is 5.08. The summed E-state index contributed by atoms with van der Waals surface area (Å²) < 4.78 is 13.1. The third kappa shape index (κ3) is 4.89. The van der Waals surface area contributed by atoms with Crippen molar-refractivity contribution in [3.05, 3.63) is 24.0 Å². The van der Waals surface area contributed by atoms with Gasteiger partial charge in [0.15, 0.2) is 0 Å². The standard InChI is InChI=1S/C15H24FN3OS/c1-5-12(9-21-4)19(3)10(2)15(20)18-11-6-7-13(16)14(17)8-11/h6-8,10,12H,5,9,17H2,1-4H3,(H,18,20). The van der Waals surface area contributed by atoms with E-state index in [2.05, 4.69) is 23.4 Å². The van der Waals surface area contributed by atoms with Crippen molar-refractivity contribution in [2.24, 2.45) is 0 Å². The van der Waals surface area contributed by atoms with Gasteiger partial charge in [-0.15, -0.1) is 0 Å². The van der Waals surface area contributed by atoms with Crippen LogP contribution in [0.15, 0.2) is 18.2 Å². The molecule has 0 spiro atoms. The minimum absolute atomic E-state index is 0.0302. The lowest BCUT2D eigenvalue weighted by molar-refractivity contribution is -0.120. The summed E-state index contributed by atoms with van der Waals surface area (Å²) in [5.41, 5.74) is 6.04. The van der Waals surface area contributed by atoms with Crippen LogP contribution in [0.2, 0.25) is 0 Å². The highest BCUT2D eigenvalue weighted by molar-refractivity contribution is 7.98. The first-order valence-corrected chi connectivity index (χ1v) is 8.36. The van der Waals surface area contributed by atoms with Gasteiger partial charge in [-0.3, -0.25) is 9.69 Å². The molecule has 2 unspecified atom stereocenters. The van der Waals surface area contributed by atoms with E-state index in [-0.39, 0.29) is 17.6 Å². The predicted octanol–water partition coefficient (Wildman–Crippen LogP) is 2.81. The summed E-state index contributed by atoms with van der Waals surface area (Å²) in [5.74, 6) is 0.376.